The van der Waals surface area contributed by atoms with E-state index in [9.17, 15) is 0 Å². The molecule has 0 radical (unpaired) electrons. The van der Waals surface area contributed by atoms with Gasteiger partial charge in [-0.25, -0.2) is 0 Å². The third-order valence-corrected chi connectivity index (χ3v) is 2.63. The van der Waals surface area contributed by atoms with Crippen molar-refractivity contribution in [2.24, 2.45) is 11.5 Å². The molecule has 0 aliphatic heterocycles. The van der Waals surface area contributed by atoms with Gasteiger partial charge in [-0.15, -0.1) is 0 Å². The Balaban J connectivity index is 4.04. The summed E-state index contributed by atoms with van der Waals surface area (Å²) in [5, 5.41) is 7.01. The maximum atomic E-state index is 5.55. The van der Waals surface area contributed by atoms with Crippen molar-refractivity contribution in [1.29, 1.82) is 0 Å². The van der Waals surface area contributed by atoms with Crippen LogP contribution in [0.1, 0.15) is 26.2 Å². The van der Waals surface area contributed by atoms with E-state index in [4.69, 9.17) is 11.5 Å². The Morgan fingerprint density at radius 3 is 2.56 bits per heavy atom. The van der Waals surface area contributed by atoms with Crippen LogP contribution >= 0.6 is 12.6 Å². The Bertz CT molecular complexity index is 253. The van der Waals surface area contributed by atoms with Gasteiger partial charge < -0.3 is 22.1 Å². The Morgan fingerprint density at radius 1 is 1.39 bits per heavy atom. The van der Waals surface area contributed by atoms with Crippen LogP contribution in [-0.2, 0) is 0 Å². The average Bonchev–Trinajstić information content (AvgIpc) is 2.23. The van der Waals surface area contributed by atoms with Crippen LogP contribution in [0.5, 0.6) is 0 Å². The molecule has 5 heteroatoms. The minimum absolute atomic E-state index is 0.317. The maximum Gasteiger partial charge on any atom is 0.0383 e. The molecule has 106 valence electrons. The predicted octanol–water partition coefficient (Wildman–Crippen LogP) is 0.968. The highest BCUT2D eigenvalue weighted by atomic mass is 32.1. The van der Waals surface area contributed by atoms with Crippen LogP contribution in [0.3, 0.4) is 0 Å². The molecule has 2 atom stereocenters. The van der Waals surface area contributed by atoms with E-state index in [1.165, 1.54) is 0 Å². The molecule has 4 nitrogen and oxygen atoms in total. The molecule has 18 heavy (non-hydrogen) atoms. The average molecular weight is 272 g/mol. The van der Waals surface area contributed by atoms with Crippen molar-refractivity contribution in [2.75, 3.05) is 19.6 Å². The Hall–Kier alpha value is -0.650. The van der Waals surface area contributed by atoms with Crippen molar-refractivity contribution < 1.29 is 0 Å². The first-order chi connectivity index (χ1) is 8.45. The third kappa shape index (κ3) is 10.5. The van der Waals surface area contributed by atoms with Crippen LogP contribution < -0.4 is 22.1 Å². The number of nitrogens with two attached hydrogens (primary N) is 2. The number of allylic oxidation sites excluding steroid dienone is 1. The van der Waals surface area contributed by atoms with E-state index >= 15 is 0 Å². The summed E-state index contributed by atoms with van der Waals surface area (Å²) in [5.74, 6) is 0. The molecule has 0 aromatic rings. The van der Waals surface area contributed by atoms with E-state index in [-0.39, 0.29) is 0 Å². The topological polar surface area (TPSA) is 76.1 Å². The van der Waals surface area contributed by atoms with Gasteiger partial charge in [0.1, 0.15) is 0 Å². The van der Waals surface area contributed by atoms with Gasteiger partial charge in [0, 0.05) is 35.8 Å². The Morgan fingerprint density at radius 2 is 2.06 bits per heavy atom. The molecule has 0 aliphatic rings. The summed E-state index contributed by atoms with van der Waals surface area (Å²) in [6.07, 6.45) is 2.87. The molecule has 0 spiro atoms. The first kappa shape index (κ1) is 17.4. The van der Waals surface area contributed by atoms with E-state index in [1.54, 1.807) is 0 Å². The molecule has 0 heterocycles. The van der Waals surface area contributed by atoms with E-state index in [1.807, 2.05) is 0 Å². The summed E-state index contributed by atoms with van der Waals surface area (Å²) in [6.45, 7) is 11.9. The van der Waals surface area contributed by atoms with Crippen molar-refractivity contribution in [3.8, 4) is 0 Å². The molecule has 0 amide bonds. The van der Waals surface area contributed by atoms with Crippen molar-refractivity contribution >= 4 is 12.6 Å². The molecule has 0 saturated heterocycles. The lowest BCUT2D eigenvalue weighted by molar-refractivity contribution is 0.474. The lowest BCUT2D eigenvalue weighted by Crippen LogP contribution is -2.39. The molecule has 6 N–H and O–H groups in total. The highest BCUT2D eigenvalue weighted by Crippen LogP contribution is 2.07. The van der Waals surface area contributed by atoms with Crippen LogP contribution in [0, 0.1) is 0 Å². The maximum absolute atomic E-state index is 5.55. The normalized spacial score (nSPS) is 13.9. The standard InChI is InChI=1S/C13H28N4S/c1-10(15)8-16-9-13(5-4-6-14)17-11(2)7-12(3)18/h12-13,16-18H,1-2,4-9,14-15H2,3H3. The van der Waals surface area contributed by atoms with Gasteiger partial charge in [0.15, 0.2) is 0 Å². The minimum atomic E-state index is 0.317. The smallest absolute Gasteiger partial charge is 0.0383 e. The lowest BCUT2D eigenvalue weighted by atomic mass is 10.1. The van der Waals surface area contributed by atoms with E-state index in [2.05, 4.69) is 43.3 Å². The molecule has 0 fully saturated rings. The van der Waals surface area contributed by atoms with Crippen LogP contribution in [0.15, 0.2) is 24.6 Å². The molecule has 0 rings (SSSR count). The van der Waals surface area contributed by atoms with Crippen LogP contribution in [-0.4, -0.2) is 30.9 Å². The van der Waals surface area contributed by atoms with Gasteiger partial charge in [-0.05, 0) is 25.8 Å². The van der Waals surface area contributed by atoms with E-state index < -0.39 is 0 Å². The molecule has 0 aromatic heterocycles. The fraction of sp³-hybridized carbons (Fsp3) is 0.692. The van der Waals surface area contributed by atoms with Gasteiger partial charge in [-0.2, -0.15) is 12.6 Å². The van der Waals surface area contributed by atoms with E-state index in [0.29, 0.717) is 30.1 Å². The fourth-order valence-electron chi connectivity index (χ4n) is 1.70. The number of hydrogen-bond donors (Lipinski definition) is 5. The molecular formula is C13H28N4S. The monoisotopic (exact) mass is 272 g/mol. The summed E-state index contributed by atoms with van der Waals surface area (Å²) < 4.78 is 0. The van der Waals surface area contributed by atoms with Gasteiger partial charge in [0.2, 0.25) is 0 Å². The number of hydrogen-bond acceptors (Lipinski definition) is 5. The van der Waals surface area contributed by atoms with Gasteiger partial charge in [-0.3, -0.25) is 0 Å². The SMILES string of the molecule is C=C(N)CNCC(CCCN)NC(=C)CC(C)S. The summed E-state index contributed by atoms with van der Waals surface area (Å²) in [6, 6.07) is 0.326. The molecule has 0 aliphatic carbocycles. The number of nitrogens with one attached hydrogen (secondary N) is 2. The van der Waals surface area contributed by atoms with Crippen molar-refractivity contribution in [3.63, 3.8) is 0 Å². The third-order valence-electron chi connectivity index (χ3n) is 2.45. The molecule has 0 aromatic carbocycles. The van der Waals surface area contributed by atoms with Gasteiger partial charge in [0.25, 0.3) is 0 Å². The Kier molecular flexibility index (Phi) is 9.92. The molecular weight excluding hydrogens is 244 g/mol. The van der Waals surface area contributed by atoms with Gasteiger partial charge in [0.05, 0.1) is 0 Å². The summed E-state index contributed by atoms with van der Waals surface area (Å²) in [4.78, 5) is 0. The lowest BCUT2D eigenvalue weighted by Gasteiger charge is -2.22. The van der Waals surface area contributed by atoms with Crippen molar-refractivity contribution in [3.05, 3.63) is 24.6 Å². The van der Waals surface area contributed by atoms with Crippen LogP contribution in [0.25, 0.3) is 0 Å². The number of rotatable bonds is 11. The zero-order valence-corrected chi connectivity index (χ0v) is 12.3. The highest BCUT2D eigenvalue weighted by molar-refractivity contribution is 7.80. The second-order valence-corrected chi connectivity index (χ2v) is 5.60. The van der Waals surface area contributed by atoms with Gasteiger partial charge in [-0.1, -0.05) is 20.1 Å². The number of thiol groups is 1. The van der Waals surface area contributed by atoms with E-state index in [0.717, 1.165) is 31.5 Å². The quantitative estimate of drug-likeness (QED) is 0.363. The molecule has 2 unspecified atom stereocenters. The van der Waals surface area contributed by atoms with Gasteiger partial charge >= 0.3 is 0 Å². The molecule has 0 saturated carbocycles. The van der Waals surface area contributed by atoms with Crippen molar-refractivity contribution in [2.45, 2.75) is 37.5 Å². The Labute approximate surface area is 117 Å². The summed E-state index contributed by atoms with van der Waals surface area (Å²) in [7, 11) is 0. The minimum Gasteiger partial charge on any atom is -0.401 e. The summed E-state index contributed by atoms with van der Waals surface area (Å²) >= 11 is 4.36. The fourth-order valence-corrected chi connectivity index (χ4v) is 1.92. The second kappa shape index (κ2) is 10.3. The van der Waals surface area contributed by atoms with Crippen LogP contribution in [0.4, 0.5) is 0 Å². The predicted molar refractivity (Wildman–Crippen MR) is 83.6 cm³/mol. The zero-order chi connectivity index (χ0) is 14.0. The highest BCUT2D eigenvalue weighted by Gasteiger charge is 2.09. The zero-order valence-electron chi connectivity index (χ0n) is 11.4. The molecule has 0 bridgehead atoms. The van der Waals surface area contributed by atoms with Crippen LogP contribution in [0.2, 0.25) is 0 Å². The first-order valence-corrected chi connectivity index (χ1v) is 6.93. The largest absolute Gasteiger partial charge is 0.401 e. The first-order valence-electron chi connectivity index (χ1n) is 6.42. The summed E-state index contributed by atoms with van der Waals surface area (Å²) in [5.41, 5.74) is 12.7. The second-order valence-electron chi connectivity index (χ2n) is 4.72. The van der Waals surface area contributed by atoms with Crippen molar-refractivity contribution in [1.82, 2.24) is 10.6 Å².